The van der Waals surface area contributed by atoms with Gasteiger partial charge in [0, 0.05) is 17.8 Å². The number of carbonyl (C=O) groups excluding carboxylic acids is 1. The second-order valence-electron chi connectivity index (χ2n) is 9.46. The number of aromatic nitrogens is 2. The van der Waals surface area contributed by atoms with Gasteiger partial charge in [-0.05, 0) is 53.8 Å². The smallest absolute Gasteiger partial charge is 0.261 e. The number of imidazole rings is 1. The van der Waals surface area contributed by atoms with E-state index >= 15 is 0 Å². The number of nitrogens with zero attached hydrogens (tertiary/aromatic N) is 2. The molecule has 0 saturated heterocycles. The van der Waals surface area contributed by atoms with Gasteiger partial charge in [0.15, 0.2) is 0 Å². The molecule has 4 rings (SSSR count). The molecule has 7 nitrogen and oxygen atoms in total. The van der Waals surface area contributed by atoms with Gasteiger partial charge in [-0.25, -0.2) is 13.4 Å². The molecule has 0 aliphatic rings. The summed E-state index contributed by atoms with van der Waals surface area (Å²) in [4.78, 5) is 18.1. The van der Waals surface area contributed by atoms with Crippen LogP contribution in [0.1, 0.15) is 50.0 Å². The van der Waals surface area contributed by atoms with Gasteiger partial charge in [0.05, 0.1) is 15.9 Å². The van der Waals surface area contributed by atoms with Gasteiger partial charge in [-0.1, -0.05) is 64.1 Å². The Hall–Kier alpha value is -3.65. The molecule has 0 atom stereocenters. The van der Waals surface area contributed by atoms with E-state index in [2.05, 4.69) is 43.8 Å². The third-order valence-corrected chi connectivity index (χ3v) is 7.09. The van der Waals surface area contributed by atoms with Crippen LogP contribution in [0.2, 0.25) is 0 Å². The third kappa shape index (κ3) is 5.22. The first-order valence-electron chi connectivity index (χ1n) is 11.6. The predicted octanol–water partition coefficient (Wildman–Crippen LogP) is 5.80. The van der Waals surface area contributed by atoms with E-state index in [4.69, 9.17) is 4.98 Å². The maximum Gasteiger partial charge on any atom is 0.261 e. The summed E-state index contributed by atoms with van der Waals surface area (Å²) in [7, 11) is -3.76. The molecule has 0 radical (unpaired) electrons. The lowest BCUT2D eigenvalue weighted by atomic mass is 9.86. The van der Waals surface area contributed by atoms with Crippen molar-refractivity contribution in [3.63, 3.8) is 0 Å². The van der Waals surface area contributed by atoms with E-state index in [1.165, 1.54) is 18.2 Å². The van der Waals surface area contributed by atoms with Crippen LogP contribution in [0.15, 0.2) is 77.7 Å². The molecule has 0 unspecified atom stereocenters. The largest absolute Gasteiger partial charge is 0.310 e. The Labute approximate surface area is 206 Å². The van der Waals surface area contributed by atoms with Crippen LogP contribution in [0.3, 0.4) is 0 Å². The number of hydrogen-bond acceptors (Lipinski definition) is 4. The van der Waals surface area contributed by atoms with Crippen LogP contribution in [0, 0.1) is 0 Å². The zero-order valence-electron chi connectivity index (χ0n) is 20.4. The molecular weight excluding hydrogens is 460 g/mol. The lowest BCUT2D eigenvalue weighted by Crippen LogP contribution is -2.17. The van der Waals surface area contributed by atoms with E-state index in [-0.39, 0.29) is 16.2 Å². The minimum Gasteiger partial charge on any atom is -0.310 e. The van der Waals surface area contributed by atoms with Crippen molar-refractivity contribution in [2.24, 2.45) is 0 Å². The molecule has 0 saturated carbocycles. The second kappa shape index (κ2) is 9.54. The normalized spacial score (nSPS) is 12.0. The Morgan fingerprint density at radius 2 is 1.69 bits per heavy atom. The number of aryl methyl sites for hydroxylation is 1. The summed E-state index contributed by atoms with van der Waals surface area (Å²) in [5, 5.41) is 2.94. The number of anilines is 2. The zero-order chi connectivity index (χ0) is 25.2. The zero-order valence-corrected chi connectivity index (χ0v) is 21.2. The standard InChI is InChI=1S/C27H30N4O3S/c1-5-17-31-23-16-10-15-22(27(2,3)4)24(23)28-26(31)29-25(32)19-11-9-12-20(18-19)30-35(33,34)21-13-7-6-8-14-21/h6-16,18,30H,5,17H2,1-4H3,(H,28,29,32). The molecule has 0 spiro atoms. The van der Waals surface area contributed by atoms with E-state index in [9.17, 15) is 13.2 Å². The number of sulfonamides is 1. The highest BCUT2D eigenvalue weighted by atomic mass is 32.2. The number of rotatable bonds is 7. The van der Waals surface area contributed by atoms with Gasteiger partial charge < -0.3 is 4.57 Å². The van der Waals surface area contributed by atoms with E-state index in [1.807, 2.05) is 16.7 Å². The number of carbonyl (C=O) groups is 1. The van der Waals surface area contributed by atoms with Crippen LogP contribution in [0.5, 0.6) is 0 Å². The maximum absolute atomic E-state index is 13.2. The fourth-order valence-corrected chi connectivity index (χ4v) is 5.08. The average molecular weight is 491 g/mol. The van der Waals surface area contributed by atoms with Crippen molar-refractivity contribution in [1.82, 2.24) is 9.55 Å². The summed E-state index contributed by atoms with van der Waals surface area (Å²) < 4.78 is 29.9. The summed E-state index contributed by atoms with van der Waals surface area (Å²) in [6.45, 7) is 9.20. The van der Waals surface area contributed by atoms with E-state index in [0.717, 1.165) is 23.0 Å². The number of benzene rings is 3. The summed E-state index contributed by atoms with van der Waals surface area (Å²) in [5.74, 6) is 0.106. The number of amides is 1. The van der Waals surface area contributed by atoms with Crippen LogP contribution in [-0.4, -0.2) is 23.9 Å². The van der Waals surface area contributed by atoms with E-state index in [1.54, 1.807) is 36.4 Å². The lowest BCUT2D eigenvalue weighted by Gasteiger charge is -2.19. The molecule has 0 aliphatic carbocycles. The first kappa shape index (κ1) is 24.5. The van der Waals surface area contributed by atoms with Gasteiger partial charge in [-0.2, -0.15) is 0 Å². The second-order valence-corrected chi connectivity index (χ2v) is 11.1. The topological polar surface area (TPSA) is 93.1 Å². The molecule has 35 heavy (non-hydrogen) atoms. The third-order valence-electron chi connectivity index (χ3n) is 5.69. The van der Waals surface area contributed by atoms with Gasteiger partial charge in [0.1, 0.15) is 0 Å². The molecular formula is C27H30N4O3S. The Balaban J connectivity index is 1.64. The summed E-state index contributed by atoms with van der Waals surface area (Å²) >= 11 is 0. The van der Waals surface area contributed by atoms with Gasteiger partial charge in [-0.15, -0.1) is 0 Å². The predicted molar refractivity (Wildman–Crippen MR) is 140 cm³/mol. The molecule has 182 valence electrons. The van der Waals surface area contributed by atoms with Crippen molar-refractivity contribution in [3.8, 4) is 0 Å². The van der Waals surface area contributed by atoms with E-state index in [0.29, 0.717) is 23.7 Å². The minimum atomic E-state index is -3.76. The molecule has 0 fully saturated rings. The van der Waals surface area contributed by atoms with Crippen LogP contribution < -0.4 is 10.0 Å². The van der Waals surface area contributed by atoms with Gasteiger partial charge in [0.25, 0.3) is 15.9 Å². The fraction of sp³-hybridized carbons (Fsp3) is 0.259. The van der Waals surface area contributed by atoms with Crippen LogP contribution in [0.4, 0.5) is 11.6 Å². The van der Waals surface area contributed by atoms with Crippen molar-refractivity contribution < 1.29 is 13.2 Å². The Kier molecular flexibility index (Phi) is 6.67. The van der Waals surface area contributed by atoms with Gasteiger partial charge in [-0.3, -0.25) is 14.8 Å². The quantitative estimate of drug-likeness (QED) is 0.343. The highest BCUT2D eigenvalue weighted by Gasteiger charge is 2.22. The number of hydrogen-bond donors (Lipinski definition) is 2. The monoisotopic (exact) mass is 490 g/mol. The summed E-state index contributed by atoms with van der Waals surface area (Å²) in [6, 6.07) is 20.6. The highest BCUT2D eigenvalue weighted by molar-refractivity contribution is 7.92. The lowest BCUT2D eigenvalue weighted by molar-refractivity contribution is 0.102. The molecule has 0 bridgehead atoms. The van der Waals surface area contributed by atoms with Gasteiger partial charge in [0.2, 0.25) is 5.95 Å². The SMILES string of the molecule is CCCn1c(NC(=O)c2cccc(NS(=O)(=O)c3ccccc3)c2)nc2c(C(C)(C)C)cccc21. The number of para-hydroxylation sites is 1. The average Bonchev–Trinajstić information content (AvgIpc) is 3.16. The number of nitrogens with one attached hydrogen (secondary N) is 2. The van der Waals surface area contributed by atoms with Crippen molar-refractivity contribution >= 4 is 38.6 Å². The fourth-order valence-electron chi connectivity index (χ4n) is 4.01. The van der Waals surface area contributed by atoms with Gasteiger partial charge >= 0.3 is 0 Å². The summed E-state index contributed by atoms with van der Waals surface area (Å²) in [5.41, 5.74) is 3.48. The van der Waals surface area contributed by atoms with Crippen molar-refractivity contribution in [3.05, 3.63) is 83.9 Å². The molecule has 8 heteroatoms. The first-order valence-corrected chi connectivity index (χ1v) is 13.1. The van der Waals surface area contributed by atoms with Crippen LogP contribution >= 0.6 is 0 Å². The molecule has 1 amide bonds. The Morgan fingerprint density at radius 1 is 0.971 bits per heavy atom. The molecule has 2 N–H and O–H groups in total. The molecule has 1 heterocycles. The Bertz CT molecular complexity index is 1470. The molecule has 4 aromatic rings. The Morgan fingerprint density at radius 3 is 2.37 bits per heavy atom. The molecule has 0 aliphatic heterocycles. The molecule has 3 aromatic carbocycles. The van der Waals surface area contributed by atoms with Crippen molar-refractivity contribution in [2.75, 3.05) is 10.0 Å². The molecule has 1 aromatic heterocycles. The minimum absolute atomic E-state index is 0.101. The van der Waals surface area contributed by atoms with Crippen molar-refractivity contribution in [1.29, 1.82) is 0 Å². The van der Waals surface area contributed by atoms with Crippen LogP contribution in [0.25, 0.3) is 11.0 Å². The summed E-state index contributed by atoms with van der Waals surface area (Å²) in [6.07, 6.45) is 0.880. The van der Waals surface area contributed by atoms with Crippen LogP contribution in [-0.2, 0) is 22.0 Å². The van der Waals surface area contributed by atoms with E-state index < -0.39 is 10.0 Å². The highest BCUT2D eigenvalue weighted by Crippen LogP contribution is 2.31. The maximum atomic E-state index is 13.2. The first-order chi connectivity index (χ1) is 16.6. The number of fused-ring (bicyclic) bond motifs is 1. The van der Waals surface area contributed by atoms with Crippen molar-refractivity contribution in [2.45, 2.75) is 51.0 Å².